The van der Waals surface area contributed by atoms with Crippen molar-refractivity contribution >= 4 is 5.69 Å². The van der Waals surface area contributed by atoms with Crippen molar-refractivity contribution in [2.75, 3.05) is 31.6 Å². The summed E-state index contributed by atoms with van der Waals surface area (Å²) in [5.41, 5.74) is 6.43. The number of benzene rings is 3. The van der Waals surface area contributed by atoms with Gasteiger partial charge in [0.2, 0.25) is 0 Å². The van der Waals surface area contributed by atoms with Crippen LogP contribution in [0.3, 0.4) is 0 Å². The molecule has 0 aromatic heterocycles. The lowest BCUT2D eigenvalue weighted by Crippen LogP contribution is -2.36. The first kappa shape index (κ1) is 23.3. The molecule has 0 bridgehead atoms. The molecule has 3 nitrogen and oxygen atoms in total. The number of rotatable bonds is 8. The van der Waals surface area contributed by atoms with Gasteiger partial charge in [-0.15, -0.1) is 0 Å². The molecule has 3 aromatic carbocycles. The summed E-state index contributed by atoms with van der Waals surface area (Å²) >= 11 is 0. The second kappa shape index (κ2) is 10.4. The van der Waals surface area contributed by atoms with Crippen LogP contribution in [0.2, 0.25) is 0 Å². The van der Waals surface area contributed by atoms with Crippen LogP contribution in [0.4, 0.5) is 10.1 Å². The van der Waals surface area contributed by atoms with Gasteiger partial charge >= 0.3 is 0 Å². The van der Waals surface area contributed by atoms with Gasteiger partial charge in [0.05, 0.1) is 6.04 Å². The van der Waals surface area contributed by atoms with E-state index in [1.807, 2.05) is 12.1 Å². The molecule has 0 fully saturated rings. The van der Waals surface area contributed by atoms with Crippen LogP contribution in [0.25, 0.3) is 0 Å². The molecule has 0 radical (unpaired) electrons. The van der Waals surface area contributed by atoms with Gasteiger partial charge < -0.3 is 14.5 Å². The van der Waals surface area contributed by atoms with Gasteiger partial charge in [-0.2, -0.15) is 0 Å². The molecule has 0 N–H and O–H groups in total. The maximum Gasteiger partial charge on any atom is 0.123 e. The van der Waals surface area contributed by atoms with Crippen LogP contribution < -0.4 is 9.64 Å². The summed E-state index contributed by atoms with van der Waals surface area (Å²) in [6.07, 6.45) is 1.90. The van der Waals surface area contributed by atoms with E-state index in [1.165, 1.54) is 22.3 Å². The third-order valence-corrected chi connectivity index (χ3v) is 6.76. The summed E-state index contributed by atoms with van der Waals surface area (Å²) in [4.78, 5) is 4.70. The zero-order chi connectivity index (χ0) is 23.4. The first-order valence-electron chi connectivity index (χ1n) is 11.9. The average Bonchev–Trinajstić information content (AvgIpc) is 2.80. The van der Waals surface area contributed by atoms with Crippen molar-refractivity contribution in [2.45, 2.75) is 45.7 Å². The summed E-state index contributed by atoms with van der Waals surface area (Å²) < 4.78 is 19.5. The number of nitrogens with zero attached hydrogens (tertiary/aromatic N) is 2. The van der Waals surface area contributed by atoms with Crippen molar-refractivity contribution in [3.8, 4) is 5.75 Å². The molecule has 4 rings (SSSR count). The molecule has 4 heteroatoms. The van der Waals surface area contributed by atoms with Crippen LogP contribution in [0.5, 0.6) is 5.75 Å². The smallest absolute Gasteiger partial charge is 0.123 e. The number of anilines is 1. The SMILES string of the molecule is Cc1ccc2c(c1)CCN(c1ccc(F)cc1)C2Cc1ccc(OCCN(C)C(C)C)cc1. The van der Waals surface area contributed by atoms with Gasteiger partial charge in [-0.3, -0.25) is 0 Å². The third-order valence-electron chi connectivity index (χ3n) is 6.76. The summed E-state index contributed by atoms with van der Waals surface area (Å²) in [5, 5.41) is 0. The predicted octanol–water partition coefficient (Wildman–Crippen LogP) is 6.20. The number of ether oxygens (including phenoxy) is 1. The molecular formula is C29H35FN2O. The van der Waals surface area contributed by atoms with Crippen LogP contribution in [0, 0.1) is 12.7 Å². The van der Waals surface area contributed by atoms with Crippen molar-refractivity contribution in [3.63, 3.8) is 0 Å². The molecule has 174 valence electrons. The van der Waals surface area contributed by atoms with Crippen molar-refractivity contribution in [1.29, 1.82) is 0 Å². The Bertz CT molecular complexity index is 1050. The van der Waals surface area contributed by atoms with E-state index in [9.17, 15) is 4.39 Å². The first-order chi connectivity index (χ1) is 15.9. The lowest BCUT2D eigenvalue weighted by atomic mass is 9.87. The molecule has 0 amide bonds. The molecule has 1 atom stereocenters. The molecule has 3 aromatic rings. The number of aryl methyl sites for hydroxylation is 1. The number of halogens is 1. The maximum absolute atomic E-state index is 13.6. The zero-order valence-electron chi connectivity index (χ0n) is 20.2. The van der Waals surface area contributed by atoms with E-state index in [2.05, 4.69) is 80.1 Å². The minimum Gasteiger partial charge on any atom is -0.492 e. The number of hydrogen-bond donors (Lipinski definition) is 0. The summed E-state index contributed by atoms with van der Waals surface area (Å²) in [6, 6.07) is 22.9. The second-order valence-corrected chi connectivity index (χ2v) is 9.41. The minimum absolute atomic E-state index is 0.196. The monoisotopic (exact) mass is 446 g/mol. The van der Waals surface area contributed by atoms with E-state index in [0.29, 0.717) is 12.6 Å². The van der Waals surface area contributed by atoms with E-state index in [4.69, 9.17) is 4.74 Å². The quantitative estimate of drug-likeness (QED) is 0.410. The Labute approximate surface area is 197 Å². The number of hydrogen-bond acceptors (Lipinski definition) is 3. The van der Waals surface area contributed by atoms with E-state index in [1.54, 1.807) is 12.1 Å². The highest BCUT2D eigenvalue weighted by atomic mass is 19.1. The molecular weight excluding hydrogens is 411 g/mol. The van der Waals surface area contributed by atoms with Crippen LogP contribution in [-0.2, 0) is 12.8 Å². The molecule has 0 aliphatic carbocycles. The van der Waals surface area contributed by atoms with E-state index < -0.39 is 0 Å². The molecule has 1 heterocycles. The molecule has 0 spiro atoms. The molecule has 0 saturated carbocycles. The molecule has 33 heavy (non-hydrogen) atoms. The van der Waals surface area contributed by atoms with Gasteiger partial charge in [0.25, 0.3) is 0 Å². The molecule has 1 aliphatic heterocycles. The van der Waals surface area contributed by atoms with Crippen LogP contribution in [0.1, 0.15) is 42.1 Å². The van der Waals surface area contributed by atoms with Gasteiger partial charge in [0.15, 0.2) is 0 Å². The Balaban J connectivity index is 1.51. The minimum atomic E-state index is -0.196. The first-order valence-corrected chi connectivity index (χ1v) is 11.9. The average molecular weight is 447 g/mol. The molecule has 1 aliphatic rings. The fraction of sp³-hybridized carbons (Fsp3) is 0.379. The van der Waals surface area contributed by atoms with E-state index in [0.717, 1.165) is 37.4 Å². The Morgan fingerprint density at radius 3 is 2.45 bits per heavy atom. The van der Waals surface area contributed by atoms with Crippen molar-refractivity contribution in [2.24, 2.45) is 0 Å². The predicted molar refractivity (Wildman–Crippen MR) is 135 cm³/mol. The maximum atomic E-state index is 13.6. The highest BCUT2D eigenvalue weighted by Crippen LogP contribution is 2.36. The zero-order valence-corrected chi connectivity index (χ0v) is 20.2. The fourth-order valence-electron chi connectivity index (χ4n) is 4.51. The highest BCUT2D eigenvalue weighted by Gasteiger charge is 2.28. The van der Waals surface area contributed by atoms with Crippen LogP contribution >= 0.6 is 0 Å². The van der Waals surface area contributed by atoms with Gasteiger partial charge in [-0.1, -0.05) is 35.9 Å². The lowest BCUT2D eigenvalue weighted by molar-refractivity contribution is 0.208. The normalized spacial score (nSPS) is 15.7. The second-order valence-electron chi connectivity index (χ2n) is 9.41. The Kier molecular flexibility index (Phi) is 7.34. The van der Waals surface area contributed by atoms with Gasteiger partial charge in [0, 0.05) is 24.8 Å². The van der Waals surface area contributed by atoms with E-state index in [-0.39, 0.29) is 11.9 Å². The molecule has 0 saturated heterocycles. The fourth-order valence-corrected chi connectivity index (χ4v) is 4.51. The third kappa shape index (κ3) is 5.75. The highest BCUT2D eigenvalue weighted by molar-refractivity contribution is 5.53. The topological polar surface area (TPSA) is 15.7 Å². The molecule has 1 unspecified atom stereocenters. The standard InChI is InChI=1S/C29H35FN2O/c1-21(2)31(4)17-18-33-27-12-6-23(7-13-27)20-29-28-14-5-22(3)19-24(28)15-16-32(29)26-10-8-25(30)9-11-26/h5-14,19,21,29H,15-18,20H2,1-4H3. The summed E-state index contributed by atoms with van der Waals surface area (Å²) in [7, 11) is 2.12. The van der Waals surface area contributed by atoms with Crippen LogP contribution in [0.15, 0.2) is 66.7 Å². The van der Waals surface area contributed by atoms with Gasteiger partial charge in [-0.05, 0) is 93.7 Å². The van der Waals surface area contributed by atoms with Crippen molar-refractivity contribution in [3.05, 3.63) is 94.8 Å². The Morgan fingerprint density at radius 1 is 1.03 bits per heavy atom. The van der Waals surface area contributed by atoms with Gasteiger partial charge in [0.1, 0.15) is 18.2 Å². The van der Waals surface area contributed by atoms with E-state index >= 15 is 0 Å². The largest absolute Gasteiger partial charge is 0.492 e. The van der Waals surface area contributed by atoms with Crippen molar-refractivity contribution < 1.29 is 9.13 Å². The number of fused-ring (bicyclic) bond motifs is 1. The summed E-state index contributed by atoms with van der Waals surface area (Å²) in [5.74, 6) is 0.712. The lowest BCUT2D eigenvalue weighted by Gasteiger charge is -2.39. The van der Waals surface area contributed by atoms with Crippen molar-refractivity contribution in [1.82, 2.24) is 4.90 Å². The van der Waals surface area contributed by atoms with Gasteiger partial charge in [-0.25, -0.2) is 4.39 Å². The Morgan fingerprint density at radius 2 is 1.76 bits per heavy atom. The summed E-state index contributed by atoms with van der Waals surface area (Å²) in [6.45, 7) is 9.05. The Hall–Kier alpha value is -2.85. The van der Waals surface area contributed by atoms with Crippen LogP contribution in [-0.4, -0.2) is 37.7 Å². The number of likely N-dealkylation sites (N-methyl/N-ethyl adjacent to an activating group) is 1.